The molecule has 0 heterocycles. The molecule has 0 fully saturated rings. The Balaban J connectivity index is 1.96. The van der Waals surface area contributed by atoms with Crippen molar-refractivity contribution in [2.45, 2.75) is 60.0 Å². The summed E-state index contributed by atoms with van der Waals surface area (Å²) in [7, 11) is 0. The number of aliphatic carboxylic acids is 1. The zero-order chi connectivity index (χ0) is 27.2. The van der Waals surface area contributed by atoms with Crippen LogP contribution < -0.4 is 9.47 Å². The van der Waals surface area contributed by atoms with E-state index in [9.17, 15) is 14.7 Å². The first-order chi connectivity index (χ1) is 17.7. The first-order valence-electron chi connectivity index (χ1n) is 12.9. The molecule has 0 radical (unpaired) electrons. The summed E-state index contributed by atoms with van der Waals surface area (Å²) in [5.74, 6) is 0.196. The molecule has 204 valence electrons. The lowest BCUT2D eigenvalue weighted by molar-refractivity contribution is -0.149. The van der Waals surface area contributed by atoms with Crippen molar-refractivity contribution < 1.29 is 33.6 Å². The minimum absolute atomic E-state index is 0.270. The van der Waals surface area contributed by atoms with Gasteiger partial charge in [0, 0.05) is 26.2 Å². The van der Waals surface area contributed by atoms with Crippen molar-refractivity contribution in [1.29, 1.82) is 0 Å². The number of amides is 1. The number of unbranched alkanes of at least 4 members (excludes halogenated alkanes) is 1. The summed E-state index contributed by atoms with van der Waals surface area (Å²) in [6.07, 6.45) is 0.978. The van der Waals surface area contributed by atoms with Crippen LogP contribution in [-0.4, -0.2) is 67.7 Å². The quantitative estimate of drug-likeness (QED) is 0.302. The standard InChI is InChI=1S/C29H41NO7/c1-6-8-15-34-16-13-30(29(33)37-26-19-22(4)21(3)18-23(26)5)14-17-36-25-11-9-24(10-12-25)20-27(28(31)32)35-7-2/h9-12,18-19,27H,6-8,13-17,20H2,1-5H3,(H,31,32). The van der Waals surface area contributed by atoms with E-state index < -0.39 is 18.2 Å². The van der Waals surface area contributed by atoms with Crippen molar-refractivity contribution in [3.8, 4) is 11.5 Å². The van der Waals surface area contributed by atoms with Gasteiger partial charge in [0.05, 0.1) is 13.2 Å². The summed E-state index contributed by atoms with van der Waals surface area (Å²) in [6, 6.07) is 11.1. The Morgan fingerprint density at radius 1 is 0.919 bits per heavy atom. The summed E-state index contributed by atoms with van der Waals surface area (Å²) < 4.78 is 22.5. The predicted octanol–water partition coefficient (Wildman–Crippen LogP) is 5.34. The molecule has 2 aromatic carbocycles. The first kappa shape index (κ1) is 30.1. The number of carboxylic acid groups (broad SMARTS) is 1. The van der Waals surface area contributed by atoms with Gasteiger partial charge in [0.2, 0.25) is 0 Å². The molecule has 0 saturated heterocycles. The molecule has 2 aromatic rings. The summed E-state index contributed by atoms with van der Waals surface area (Å²) in [5, 5.41) is 9.27. The van der Waals surface area contributed by atoms with Crippen LogP contribution in [0.5, 0.6) is 11.5 Å². The highest BCUT2D eigenvalue weighted by molar-refractivity contribution is 5.73. The molecule has 1 N–H and O–H groups in total. The average molecular weight is 516 g/mol. The monoisotopic (exact) mass is 515 g/mol. The van der Waals surface area contributed by atoms with Crippen LogP contribution in [0.1, 0.15) is 48.9 Å². The zero-order valence-corrected chi connectivity index (χ0v) is 22.7. The van der Waals surface area contributed by atoms with Crippen molar-refractivity contribution in [1.82, 2.24) is 4.90 Å². The van der Waals surface area contributed by atoms with E-state index in [0.29, 0.717) is 44.4 Å². The first-order valence-corrected chi connectivity index (χ1v) is 12.9. The summed E-state index contributed by atoms with van der Waals surface area (Å²) >= 11 is 0. The second-order valence-corrected chi connectivity index (χ2v) is 9.00. The number of carboxylic acids is 1. The molecule has 0 aliphatic heterocycles. The Hall–Kier alpha value is -3.10. The van der Waals surface area contributed by atoms with Crippen molar-refractivity contribution in [2.75, 3.05) is 39.5 Å². The molecule has 37 heavy (non-hydrogen) atoms. The van der Waals surface area contributed by atoms with E-state index in [4.69, 9.17) is 18.9 Å². The van der Waals surface area contributed by atoms with E-state index in [1.165, 1.54) is 0 Å². The van der Waals surface area contributed by atoms with Gasteiger partial charge < -0.3 is 29.0 Å². The van der Waals surface area contributed by atoms with Gasteiger partial charge in [0.15, 0.2) is 6.10 Å². The van der Waals surface area contributed by atoms with Gasteiger partial charge in [0.25, 0.3) is 0 Å². The normalized spacial score (nSPS) is 11.7. The smallest absolute Gasteiger partial charge is 0.415 e. The number of rotatable bonds is 16. The van der Waals surface area contributed by atoms with Gasteiger partial charge in [-0.05, 0) is 74.6 Å². The number of ether oxygens (including phenoxy) is 4. The van der Waals surface area contributed by atoms with E-state index in [1.807, 2.05) is 45.0 Å². The van der Waals surface area contributed by atoms with Gasteiger partial charge in [-0.3, -0.25) is 0 Å². The number of benzene rings is 2. The fraction of sp³-hybridized carbons (Fsp3) is 0.517. The maximum atomic E-state index is 13.0. The number of aryl methyl sites for hydroxylation is 3. The highest BCUT2D eigenvalue weighted by Crippen LogP contribution is 2.23. The van der Waals surface area contributed by atoms with E-state index in [-0.39, 0.29) is 13.0 Å². The molecule has 1 atom stereocenters. The lowest BCUT2D eigenvalue weighted by atomic mass is 10.1. The molecule has 2 rings (SSSR count). The third-order valence-corrected chi connectivity index (χ3v) is 6.01. The van der Waals surface area contributed by atoms with E-state index in [0.717, 1.165) is 35.1 Å². The second-order valence-electron chi connectivity index (χ2n) is 9.00. The van der Waals surface area contributed by atoms with Crippen molar-refractivity contribution in [2.24, 2.45) is 0 Å². The minimum atomic E-state index is -0.983. The van der Waals surface area contributed by atoms with Crippen LogP contribution in [0.25, 0.3) is 0 Å². The van der Waals surface area contributed by atoms with Gasteiger partial charge in [0.1, 0.15) is 18.1 Å². The van der Waals surface area contributed by atoms with Crippen molar-refractivity contribution in [3.05, 3.63) is 58.7 Å². The third-order valence-electron chi connectivity index (χ3n) is 6.01. The Morgan fingerprint density at radius 2 is 1.59 bits per heavy atom. The molecule has 8 heteroatoms. The topological polar surface area (TPSA) is 94.5 Å². The SMILES string of the molecule is CCCCOCCN(CCOc1ccc(CC(OCC)C(=O)O)cc1)C(=O)Oc1cc(C)c(C)cc1C. The van der Waals surface area contributed by atoms with Crippen molar-refractivity contribution >= 4 is 12.1 Å². The van der Waals surface area contributed by atoms with E-state index in [2.05, 4.69) is 6.92 Å². The Labute approximate surface area is 220 Å². The van der Waals surface area contributed by atoms with Gasteiger partial charge in [-0.2, -0.15) is 0 Å². The third kappa shape index (κ3) is 10.4. The summed E-state index contributed by atoms with van der Waals surface area (Å²) in [6.45, 7) is 12.2. The van der Waals surface area contributed by atoms with Crippen molar-refractivity contribution in [3.63, 3.8) is 0 Å². The molecule has 0 aromatic heterocycles. The average Bonchev–Trinajstić information content (AvgIpc) is 2.86. The molecule has 0 saturated carbocycles. The Kier molecular flexibility index (Phi) is 12.9. The van der Waals surface area contributed by atoms with Crippen LogP contribution >= 0.6 is 0 Å². The second kappa shape index (κ2) is 15.9. The molecule has 0 bridgehead atoms. The number of hydrogen-bond donors (Lipinski definition) is 1. The summed E-state index contributed by atoms with van der Waals surface area (Å²) in [4.78, 5) is 25.9. The molecule has 0 aliphatic carbocycles. The fourth-order valence-electron chi connectivity index (χ4n) is 3.65. The number of nitrogens with zero attached hydrogens (tertiary/aromatic N) is 1. The predicted molar refractivity (Wildman–Crippen MR) is 143 cm³/mol. The largest absolute Gasteiger partial charge is 0.492 e. The molecular formula is C29H41NO7. The number of carbonyl (C=O) groups is 2. The zero-order valence-electron chi connectivity index (χ0n) is 22.7. The van der Waals surface area contributed by atoms with Gasteiger partial charge in [-0.25, -0.2) is 9.59 Å². The van der Waals surface area contributed by atoms with Gasteiger partial charge >= 0.3 is 12.1 Å². The lowest BCUT2D eigenvalue weighted by Gasteiger charge is -2.23. The molecule has 1 unspecified atom stereocenters. The maximum absolute atomic E-state index is 13.0. The number of carbonyl (C=O) groups excluding carboxylic acids is 1. The van der Waals surface area contributed by atoms with Crippen LogP contribution in [0, 0.1) is 20.8 Å². The number of hydrogen-bond acceptors (Lipinski definition) is 6. The molecule has 8 nitrogen and oxygen atoms in total. The van der Waals surface area contributed by atoms with Crippen LogP contribution in [0.2, 0.25) is 0 Å². The maximum Gasteiger partial charge on any atom is 0.415 e. The van der Waals surface area contributed by atoms with Gasteiger partial charge in [-0.1, -0.05) is 31.5 Å². The van der Waals surface area contributed by atoms with E-state index >= 15 is 0 Å². The van der Waals surface area contributed by atoms with Crippen LogP contribution in [0.4, 0.5) is 4.79 Å². The fourth-order valence-corrected chi connectivity index (χ4v) is 3.65. The lowest BCUT2D eigenvalue weighted by Crippen LogP contribution is -2.39. The van der Waals surface area contributed by atoms with Gasteiger partial charge in [-0.15, -0.1) is 0 Å². The Bertz CT molecular complexity index is 990. The molecule has 1 amide bonds. The van der Waals surface area contributed by atoms with Crippen LogP contribution in [0.3, 0.4) is 0 Å². The molecular weight excluding hydrogens is 474 g/mol. The Morgan fingerprint density at radius 3 is 2.24 bits per heavy atom. The molecule has 0 spiro atoms. The van der Waals surface area contributed by atoms with E-state index in [1.54, 1.807) is 24.0 Å². The highest BCUT2D eigenvalue weighted by Gasteiger charge is 2.19. The highest BCUT2D eigenvalue weighted by atomic mass is 16.6. The van der Waals surface area contributed by atoms with Crippen LogP contribution in [-0.2, 0) is 20.7 Å². The summed E-state index contributed by atoms with van der Waals surface area (Å²) in [5.41, 5.74) is 3.95. The molecule has 0 aliphatic rings. The minimum Gasteiger partial charge on any atom is -0.492 e. The van der Waals surface area contributed by atoms with Crippen LogP contribution in [0.15, 0.2) is 36.4 Å².